The summed E-state index contributed by atoms with van der Waals surface area (Å²) in [6.07, 6.45) is 5.67. The van der Waals surface area contributed by atoms with Gasteiger partial charge in [0.1, 0.15) is 22.7 Å². The molecule has 1 aliphatic rings. The molecule has 1 aliphatic heterocycles. The zero-order valence-electron chi connectivity index (χ0n) is 17.7. The van der Waals surface area contributed by atoms with Gasteiger partial charge in [0, 0.05) is 12.0 Å². The Morgan fingerprint density at radius 3 is 2.66 bits per heavy atom. The van der Waals surface area contributed by atoms with Crippen LogP contribution in [-0.4, -0.2) is 16.5 Å². The third-order valence-corrected chi connectivity index (χ3v) is 5.63. The number of allylic oxidation sites excluding steroid dienone is 4. The molecule has 0 saturated heterocycles. The van der Waals surface area contributed by atoms with E-state index < -0.39 is 11.2 Å². The van der Waals surface area contributed by atoms with Crippen LogP contribution in [0.3, 0.4) is 0 Å². The van der Waals surface area contributed by atoms with Gasteiger partial charge >= 0.3 is 5.63 Å². The van der Waals surface area contributed by atoms with E-state index in [0.717, 1.165) is 30.4 Å². The molecule has 1 aromatic carbocycles. The first kappa shape index (κ1) is 20.9. The van der Waals surface area contributed by atoms with Crippen LogP contribution in [-0.2, 0) is 4.79 Å². The van der Waals surface area contributed by atoms with Crippen LogP contribution in [0.25, 0.3) is 11.0 Å². The number of ether oxygens (including phenoxy) is 1. The molecule has 1 aromatic heterocycles. The lowest BCUT2D eigenvalue weighted by atomic mass is 9.83. The molecule has 0 amide bonds. The van der Waals surface area contributed by atoms with Crippen LogP contribution in [0.1, 0.15) is 65.4 Å². The van der Waals surface area contributed by atoms with Gasteiger partial charge in [0.05, 0.1) is 10.9 Å². The molecule has 2 unspecified atom stereocenters. The van der Waals surface area contributed by atoms with E-state index in [-0.39, 0.29) is 17.5 Å². The number of hydrogen-bond acceptors (Lipinski definition) is 5. The number of rotatable bonds is 6. The van der Waals surface area contributed by atoms with Crippen LogP contribution < -0.4 is 10.4 Å². The first-order valence-corrected chi connectivity index (χ1v) is 9.95. The molecule has 2 heterocycles. The molecule has 154 valence electrons. The van der Waals surface area contributed by atoms with Crippen molar-refractivity contribution in [1.29, 1.82) is 0 Å². The summed E-state index contributed by atoms with van der Waals surface area (Å²) in [4.78, 5) is 24.4. The Labute approximate surface area is 170 Å². The SMILES string of the molecule is CC(C)=CC(=O)/C=C(\C)CCCC1(C)Oc2c(c(=O)oc3cc(O)ccc23)C1C. The zero-order valence-corrected chi connectivity index (χ0v) is 17.7. The summed E-state index contributed by atoms with van der Waals surface area (Å²) in [5.74, 6) is 0.485. The second kappa shape index (κ2) is 7.90. The maximum Gasteiger partial charge on any atom is 0.343 e. The third kappa shape index (κ3) is 4.29. The molecular formula is C24H28O5. The fraction of sp³-hybridized carbons (Fsp3) is 0.417. The molecule has 0 saturated carbocycles. The van der Waals surface area contributed by atoms with Crippen molar-refractivity contribution < 1.29 is 19.1 Å². The summed E-state index contributed by atoms with van der Waals surface area (Å²) in [5, 5.41) is 10.4. The average molecular weight is 396 g/mol. The van der Waals surface area contributed by atoms with Gasteiger partial charge in [-0.1, -0.05) is 18.1 Å². The van der Waals surface area contributed by atoms with Crippen LogP contribution in [0.5, 0.6) is 11.5 Å². The van der Waals surface area contributed by atoms with E-state index >= 15 is 0 Å². The smallest absolute Gasteiger partial charge is 0.343 e. The summed E-state index contributed by atoms with van der Waals surface area (Å²) >= 11 is 0. The zero-order chi connectivity index (χ0) is 21.3. The topological polar surface area (TPSA) is 76.7 Å². The summed E-state index contributed by atoms with van der Waals surface area (Å²) in [6, 6.07) is 4.70. The fourth-order valence-electron chi connectivity index (χ4n) is 3.91. The van der Waals surface area contributed by atoms with Crippen molar-refractivity contribution in [3.05, 3.63) is 57.5 Å². The molecule has 3 rings (SSSR count). The van der Waals surface area contributed by atoms with Gasteiger partial charge in [-0.2, -0.15) is 0 Å². The number of aromatic hydroxyl groups is 1. The molecule has 0 aliphatic carbocycles. The number of carbonyl (C=O) groups excluding carboxylic acids is 1. The lowest BCUT2D eigenvalue weighted by Gasteiger charge is -2.28. The largest absolute Gasteiger partial charge is 0.508 e. The van der Waals surface area contributed by atoms with Crippen LogP contribution in [0, 0.1) is 0 Å². The number of fused-ring (bicyclic) bond motifs is 3. The van der Waals surface area contributed by atoms with E-state index in [4.69, 9.17) is 9.15 Å². The third-order valence-electron chi connectivity index (χ3n) is 5.63. The number of ketones is 1. The summed E-state index contributed by atoms with van der Waals surface area (Å²) in [6.45, 7) is 9.76. The Kier molecular flexibility index (Phi) is 5.69. The van der Waals surface area contributed by atoms with Crippen LogP contribution in [0.2, 0.25) is 0 Å². The van der Waals surface area contributed by atoms with Crippen LogP contribution in [0.4, 0.5) is 0 Å². The van der Waals surface area contributed by atoms with Gasteiger partial charge in [-0.05, 0) is 71.2 Å². The molecule has 0 radical (unpaired) electrons. The normalized spacial score (nSPS) is 21.0. The molecule has 0 bridgehead atoms. The Morgan fingerprint density at radius 1 is 1.24 bits per heavy atom. The van der Waals surface area contributed by atoms with Gasteiger partial charge in [-0.3, -0.25) is 4.79 Å². The Morgan fingerprint density at radius 2 is 1.97 bits per heavy atom. The Bertz CT molecular complexity index is 1070. The van der Waals surface area contributed by atoms with Crippen molar-refractivity contribution in [2.75, 3.05) is 0 Å². The van der Waals surface area contributed by atoms with Crippen molar-refractivity contribution in [2.45, 2.75) is 65.4 Å². The molecule has 0 fully saturated rings. The van der Waals surface area contributed by atoms with E-state index in [1.54, 1.807) is 24.3 Å². The first-order valence-electron chi connectivity index (χ1n) is 9.95. The summed E-state index contributed by atoms with van der Waals surface area (Å²) in [5.41, 5.74) is 1.93. The second-order valence-corrected chi connectivity index (χ2v) is 8.42. The lowest BCUT2D eigenvalue weighted by Crippen LogP contribution is -2.33. The van der Waals surface area contributed by atoms with Gasteiger partial charge in [-0.15, -0.1) is 0 Å². The average Bonchev–Trinajstić information content (AvgIpc) is 2.86. The van der Waals surface area contributed by atoms with Gasteiger partial charge in [0.2, 0.25) is 0 Å². The number of carbonyl (C=O) groups is 1. The molecular weight excluding hydrogens is 368 g/mol. The number of phenolic OH excluding ortho intramolecular Hbond substituents is 1. The molecule has 5 heteroatoms. The van der Waals surface area contributed by atoms with Crippen molar-refractivity contribution >= 4 is 16.8 Å². The van der Waals surface area contributed by atoms with E-state index in [1.165, 1.54) is 6.07 Å². The molecule has 29 heavy (non-hydrogen) atoms. The van der Waals surface area contributed by atoms with Crippen LogP contribution >= 0.6 is 0 Å². The van der Waals surface area contributed by atoms with Crippen LogP contribution in [0.15, 0.2) is 50.7 Å². The maximum atomic E-state index is 12.5. The second-order valence-electron chi connectivity index (χ2n) is 8.42. The predicted octanol–water partition coefficient (Wildman–Crippen LogP) is 5.41. The maximum absolute atomic E-state index is 12.5. The first-order chi connectivity index (χ1) is 13.6. The van der Waals surface area contributed by atoms with E-state index in [1.807, 2.05) is 34.6 Å². The highest BCUT2D eigenvalue weighted by molar-refractivity contribution is 6.00. The Hall–Kier alpha value is -2.82. The van der Waals surface area contributed by atoms with Crippen molar-refractivity contribution in [2.24, 2.45) is 0 Å². The molecule has 0 spiro atoms. The Balaban J connectivity index is 1.77. The van der Waals surface area contributed by atoms with Gasteiger partial charge < -0.3 is 14.3 Å². The quantitative estimate of drug-likeness (QED) is 0.522. The monoisotopic (exact) mass is 396 g/mol. The highest BCUT2D eigenvalue weighted by Crippen LogP contribution is 2.48. The number of phenols is 1. The standard InChI is InChI=1S/C24H28O5/c1-14(2)11-18(26)12-15(3)7-6-10-24(5)16(4)21-22(29-24)19-9-8-17(25)13-20(19)28-23(21)27/h8-9,11-13,16,25H,6-7,10H2,1-5H3/b15-12+. The summed E-state index contributed by atoms with van der Waals surface area (Å²) in [7, 11) is 0. The van der Waals surface area contributed by atoms with Gasteiger partial charge in [0.15, 0.2) is 5.78 Å². The van der Waals surface area contributed by atoms with Crippen molar-refractivity contribution in [3.63, 3.8) is 0 Å². The molecule has 1 N–H and O–H groups in total. The van der Waals surface area contributed by atoms with Crippen molar-refractivity contribution in [3.8, 4) is 11.5 Å². The highest BCUT2D eigenvalue weighted by Gasteiger charge is 2.44. The van der Waals surface area contributed by atoms with Gasteiger partial charge in [-0.25, -0.2) is 4.79 Å². The van der Waals surface area contributed by atoms with E-state index in [2.05, 4.69) is 0 Å². The minimum atomic E-state index is -0.534. The highest BCUT2D eigenvalue weighted by atomic mass is 16.5. The molecule has 2 aromatic rings. The van der Waals surface area contributed by atoms with Crippen molar-refractivity contribution in [1.82, 2.24) is 0 Å². The summed E-state index contributed by atoms with van der Waals surface area (Å²) < 4.78 is 11.7. The minimum absolute atomic E-state index is 0.0129. The number of benzene rings is 1. The number of hydrogen-bond donors (Lipinski definition) is 1. The van der Waals surface area contributed by atoms with Gasteiger partial charge in [0.25, 0.3) is 0 Å². The molecule has 5 nitrogen and oxygen atoms in total. The fourth-order valence-corrected chi connectivity index (χ4v) is 3.91. The minimum Gasteiger partial charge on any atom is -0.508 e. The van der Waals surface area contributed by atoms with E-state index in [0.29, 0.717) is 22.3 Å². The predicted molar refractivity (Wildman–Crippen MR) is 114 cm³/mol. The van der Waals surface area contributed by atoms with E-state index in [9.17, 15) is 14.7 Å². The molecule has 2 atom stereocenters. The lowest BCUT2D eigenvalue weighted by molar-refractivity contribution is -0.110.